The molecule has 2 aromatic rings. The van der Waals surface area contributed by atoms with Crippen molar-refractivity contribution in [1.82, 2.24) is 4.90 Å². The monoisotopic (exact) mass is 428 g/mol. The molecule has 0 N–H and O–H groups in total. The van der Waals surface area contributed by atoms with E-state index in [1.54, 1.807) is 54.3 Å². The van der Waals surface area contributed by atoms with Crippen molar-refractivity contribution >= 4 is 23.3 Å². The van der Waals surface area contributed by atoms with Gasteiger partial charge in [0, 0.05) is 38.2 Å². The maximum absolute atomic E-state index is 13.9. The van der Waals surface area contributed by atoms with Crippen molar-refractivity contribution in [2.75, 3.05) is 44.3 Å². The van der Waals surface area contributed by atoms with Gasteiger partial charge in [-0.05, 0) is 36.4 Å². The standard InChI is InChI=1S/C23H25FN2O5/c1-2-21(27)17-7-9-18(10-8-17)30-16-23(29)31-15-22(28)26-13-11-25(12-14-26)20-6-4-3-5-19(20)24/h3-10H,2,11-16H2,1H3. The highest BCUT2D eigenvalue weighted by molar-refractivity contribution is 5.95. The summed E-state index contributed by atoms with van der Waals surface area (Å²) in [7, 11) is 0. The highest BCUT2D eigenvalue weighted by Crippen LogP contribution is 2.20. The van der Waals surface area contributed by atoms with E-state index in [2.05, 4.69) is 0 Å². The van der Waals surface area contributed by atoms with Gasteiger partial charge >= 0.3 is 5.97 Å². The van der Waals surface area contributed by atoms with Crippen LogP contribution in [0.2, 0.25) is 0 Å². The molecule has 31 heavy (non-hydrogen) atoms. The Morgan fingerprint density at radius 1 is 0.935 bits per heavy atom. The highest BCUT2D eigenvalue weighted by atomic mass is 19.1. The molecule has 0 saturated carbocycles. The average molecular weight is 428 g/mol. The van der Waals surface area contributed by atoms with E-state index in [9.17, 15) is 18.8 Å². The van der Waals surface area contributed by atoms with Crippen LogP contribution in [0.4, 0.5) is 10.1 Å². The van der Waals surface area contributed by atoms with E-state index in [1.165, 1.54) is 6.07 Å². The number of rotatable bonds is 8. The van der Waals surface area contributed by atoms with E-state index in [0.717, 1.165) is 0 Å². The fourth-order valence-electron chi connectivity index (χ4n) is 3.26. The number of anilines is 1. The molecular formula is C23H25FN2O5. The molecule has 1 aliphatic heterocycles. The summed E-state index contributed by atoms with van der Waals surface area (Å²) in [5, 5.41) is 0. The van der Waals surface area contributed by atoms with Crippen molar-refractivity contribution in [3.63, 3.8) is 0 Å². The van der Waals surface area contributed by atoms with Gasteiger partial charge in [0.15, 0.2) is 19.0 Å². The van der Waals surface area contributed by atoms with Crippen LogP contribution in [-0.4, -0.2) is 62.0 Å². The molecule has 0 bridgehead atoms. The minimum Gasteiger partial charge on any atom is -0.482 e. The number of amides is 1. The van der Waals surface area contributed by atoms with Crippen LogP contribution in [0.1, 0.15) is 23.7 Å². The lowest BCUT2D eigenvalue weighted by molar-refractivity contribution is -0.153. The molecule has 1 heterocycles. The number of ketones is 1. The first-order chi connectivity index (χ1) is 15.0. The molecule has 0 spiro atoms. The van der Waals surface area contributed by atoms with Crippen molar-refractivity contribution in [1.29, 1.82) is 0 Å². The number of carbonyl (C=O) groups is 3. The van der Waals surface area contributed by atoms with Crippen molar-refractivity contribution < 1.29 is 28.2 Å². The van der Waals surface area contributed by atoms with Crippen LogP contribution in [0.3, 0.4) is 0 Å². The number of carbonyl (C=O) groups excluding carboxylic acids is 3. The number of esters is 1. The number of hydrogen-bond donors (Lipinski definition) is 0. The van der Waals surface area contributed by atoms with Crippen LogP contribution < -0.4 is 9.64 Å². The first kappa shape index (κ1) is 22.3. The van der Waals surface area contributed by atoms with Gasteiger partial charge in [-0.1, -0.05) is 19.1 Å². The minimum atomic E-state index is -0.660. The lowest BCUT2D eigenvalue weighted by atomic mass is 10.1. The van der Waals surface area contributed by atoms with Crippen molar-refractivity contribution in [3.8, 4) is 5.75 Å². The summed E-state index contributed by atoms with van der Waals surface area (Å²) in [6.07, 6.45) is 0.415. The Bertz CT molecular complexity index is 924. The Kier molecular flexibility index (Phi) is 7.59. The number of Topliss-reactive ketones (excluding diaryl/α,β-unsaturated/α-hetero) is 1. The summed E-state index contributed by atoms with van der Waals surface area (Å²) in [6.45, 7) is 2.92. The number of benzene rings is 2. The zero-order valence-corrected chi connectivity index (χ0v) is 17.4. The molecule has 2 aromatic carbocycles. The van der Waals surface area contributed by atoms with E-state index < -0.39 is 5.97 Å². The number of para-hydroxylation sites is 1. The van der Waals surface area contributed by atoms with E-state index in [-0.39, 0.29) is 30.7 Å². The molecule has 8 heteroatoms. The third-order valence-corrected chi connectivity index (χ3v) is 5.04. The van der Waals surface area contributed by atoms with Gasteiger partial charge in [-0.3, -0.25) is 9.59 Å². The summed E-state index contributed by atoms with van der Waals surface area (Å²) in [6, 6.07) is 13.0. The molecule has 0 aliphatic carbocycles. The van der Waals surface area contributed by atoms with Gasteiger partial charge in [0.1, 0.15) is 11.6 Å². The Labute approximate surface area is 180 Å². The van der Waals surface area contributed by atoms with Gasteiger partial charge < -0.3 is 19.3 Å². The van der Waals surface area contributed by atoms with Gasteiger partial charge in [0.2, 0.25) is 0 Å². The van der Waals surface area contributed by atoms with Crippen molar-refractivity contribution in [2.45, 2.75) is 13.3 Å². The second kappa shape index (κ2) is 10.6. The number of nitrogens with zero attached hydrogens (tertiary/aromatic N) is 2. The first-order valence-corrected chi connectivity index (χ1v) is 10.2. The molecule has 3 rings (SSSR count). The number of ether oxygens (including phenoxy) is 2. The fourth-order valence-corrected chi connectivity index (χ4v) is 3.26. The summed E-state index contributed by atoms with van der Waals surface area (Å²) < 4.78 is 24.2. The lowest BCUT2D eigenvalue weighted by Crippen LogP contribution is -2.50. The Morgan fingerprint density at radius 2 is 1.61 bits per heavy atom. The van der Waals surface area contributed by atoms with Crippen LogP contribution in [0.25, 0.3) is 0 Å². The van der Waals surface area contributed by atoms with Gasteiger partial charge in [0.05, 0.1) is 5.69 Å². The van der Waals surface area contributed by atoms with Gasteiger partial charge in [-0.25, -0.2) is 9.18 Å². The normalized spacial score (nSPS) is 13.6. The Hall–Kier alpha value is -3.42. The lowest BCUT2D eigenvalue weighted by Gasteiger charge is -2.36. The molecule has 164 valence electrons. The number of halogens is 1. The SMILES string of the molecule is CCC(=O)c1ccc(OCC(=O)OCC(=O)N2CCN(c3ccccc3F)CC2)cc1. The smallest absolute Gasteiger partial charge is 0.344 e. The topological polar surface area (TPSA) is 76.2 Å². The Balaban J connectivity index is 1.38. The second-order valence-electron chi connectivity index (χ2n) is 7.07. The van der Waals surface area contributed by atoms with Gasteiger partial charge in [0.25, 0.3) is 5.91 Å². The van der Waals surface area contributed by atoms with Crippen molar-refractivity contribution in [2.24, 2.45) is 0 Å². The molecule has 0 unspecified atom stereocenters. The Morgan fingerprint density at radius 3 is 2.26 bits per heavy atom. The first-order valence-electron chi connectivity index (χ1n) is 10.2. The molecule has 1 saturated heterocycles. The highest BCUT2D eigenvalue weighted by Gasteiger charge is 2.23. The summed E-state index contributed by atoms with van der Waals surface area (Å²) in [5.41, 5.74) is 1.10. The molecule has 7 nitrogen and oxygen atoms in total. The molecule has 1 fully saturated rings. The van der Waals surface area contributed by atoms with Crippen LogP contribution in [0.15, 0.2) is 48.5 Å². The van der Waals surface area contributed by atoms with Crippen molar-refractivity contribution in [3.05, 3.63) is 59.9 Å². The second-order valence-corrected chi connectivity index (χ2v) is 7.07. The van der Waals surface area contributed by atoms with E-state index >= 15 is 0 Å². The predicted octanol–water partition coefficient (Wildman–Crippen LogP) is 2.69. The zero-order valence-electron chi connectivity index (χ0n) is 17.4. The van der Waals surface area contributed by atoms with Crippen LogP contribution in [-0.2, 0) is 14.3 Å². The van der Waals surface area contributed by atoms with E-state index in [1.807, 2.05) is 4.90 Å². The summed E-state index contributed by atoms with van der Waals surface area (Å²) in [4.78, 5) is 39.3. The molecule has 0 radical (unpaired) electrons. The minimum absolute atomic E-state index is 0.0270. The largest absolute Gasteiger partial charge is 0.482 e. The van der Waals surface area contributed by atoms with Gasteiger partial charge in [-0.2, -0.15) is 0 Å². The maximum Gasteiger partial charge on any atom is 0.344 e. The number of hydrogen-bond acceptors (Lipinski definition) is 6. The van der Waals surface area contributed by atoms with E-state index in [4.69, 9.17) is 9.47 Å². The summed E-state index contributed by atoms with van der Waals surface area (Å²) >= 11 is 0. The molecule has 0 atom stereocenters. The molecule has 0 aromatic heterocycles. The van der Waals surface area contributed by atoms with Crippen LogP contribution in [0, 0.1) is 5.82 Å². The summed E-state index contributed by atoms with van der Waals surface area (Å²) in [5.74, 6) is -0.793. The molecule has 1 amide bonds. The average Bonchev–Trinajstić information content (AvgIpc) is 2.81. The predicted molar refractivity (Wildman–Crippen MR) is 113 cm³/mol. The quantitative estimate of drug-likeness (QED) is 0.475. The number of piperazine rings is 1. The molecular weight excluding hydrogens is 403 g/mol. The fraction of sp³-hybridized carbons (Fsp3) is 0.348. The third kappa shape index (κ3) is 6.04. The zero-order chi connectivity index (χ0) is 22.2. The maximum atomic E-state index is 13.9. The van der Waals surface area contributed by atoms with Crippen LogP contribution in [0.5, 0.6) is 5.75 Å². The van der Waals surface area contributed by atoms with Crippen LogP contribution >= 0.6 is 0 Å². The third-order valence-electron chi connectivity index (χ3n) is 5.04. The molecule has 1 aliphatic rings. The van der Waals surface area contributed by atoms with Gasteiger partial charge in [-0.15, -0.1) is 0 Å². The van der Waals surface area contributed by atoms with E-state index in [0.29, 0.717) is 49.6 Å².